The van der Waals surface area contributed by atoms with E-state index in [-0.39, 0.29) is 34.4 Å². The van der Waals surface area contributed by atoms with Crippen LogP contribution in [0.4, 0.5) is 0 Å². The molecule has 0 aliphatic carbocycles. The molecule has 0 saturated heterocycles. The summed E-state index contributed by atoms with van der Waals surface area (Å²) in [6.07, 6.45) is 0. The van der Waals surface area contributed by atoms with E-state index in [0.717, 1.165) is 0 Å². The van der Waals surface area contributed by atoms with Gasteiger partial charge in [0.1, 0.15) is 0 Å². The van der Waals surface area contributed by atoms with Crippen LogP contribution >= 0.6 is 7.82 Å². The molecule has 0 spiro atoms. The van der Waals surface area contributed by atoms with E-state index in [1.165, 1.54) is 0 Å². The molecule has 12 heavy (non-hydrogen) atoms. The van der Waals surface area contributed by atoms with E-state index in [1.807, 2.05) is 0 Å². The van der Waals surface area contributed by atoms with Gasteiger partial charge in [-0.1, -0.05) is 0 Å². The molecule has 0 N–H and O–H groups in total. The van der Waals surface area contributed by atoms with Crippen molar-refractivity contribution in [1.29, 1.82) is 0 Å². The molecule has 0 heterocycles. The van der Waals surface area contributed by atoms with Crippen LogP contribution in [0.1, 0.15) is 0 Å². The van der Waals surface area contributed by atoms with Crippen LogP contribution in [0.2, 0.25) is 0 Å². The zero-order valence-electron chi connectivity index (χ0n) is 5.05. The summed E-state index contributed by atoms with van der Waals surface area (Å²) < 4.78 is 42.6. The van der Waals surface area contributed by atoms with Gasteiger partial charge in [0.2, 0.25) is 0 Å². The van der Waals surface area contributed by atoms with Gasteiger partial charge in [0.25, 0.3) is 0 Å². The van der Waals surface area contributed by atoms with Gasteiger partial charge in [-0.15, -0.1) is 0 Å². The Bertz CT molecular complexity index is 197. The molecule has 12 heteroatoms. The maximum Gasteiger partial charge on any atom is 2.00 e. The number of hydrogen-bond acceptors (Lipinski definition) is 8. The van der Waals surface area contributed by atoms with Crippen molar-refractivity contribution in [2.45, 2.75) is 0 Å². The SMILES string of the molecule is O=P([O-])([O-])[O-].O=S(=O)([O-])[O-].[Al].[Fe+2]. The Balaban J connectivity index is -0.0000000457. The quantitative estimate of drug-likeness (QED) is 0.184. The third-order valence-electron chi connectivity index (χ3n) is 0. The third-order valence-corrected chi connectivity index (χ3v) is 0. The van der Waals surface area contributed by atoms with E-state index in [1.54, 1.807) is 0 Å². The van der Waals surface area contributed by atoms with Crippen molar-refractivity contribution in [2.75, 3.05) is 0 Å². The first kappa shape index (κ1) is 23.1. The van der Waals surface area contributed by atoms with E-state index >= 15 is 0 Å². The first-order chi connectivity index (χ1) is 4.00. The smallest absolute Gasteiger partial charge is 0.822 e. The van der Waals surface area contributed by atoms with Gasteiger partial charge in [-0.2, -0.15) is 7.82 Å². The molecule has 0 aromatic rings. The maximum absolute atomic E-state index is 8.55. The molecule has 0 aliphatic rings. The third kappa shape index (κ3) is 1040. The van der Waals surface area contributed by atoms with E-state index in [0.29, 0.717) is 0 Å². The fourth-order valence-corrected chi connectivity index (χ4v) is 0. The molecule has 0 saturated carbocycles. The molecule has 0 aliphatic heterocycles. The van der Waals surface area contributed by atoms with Crippen molar-refractivity contribution in [3.05, 3.63) is 0 Å². The summed E-state index contributed by atoms with van der Waals surface area (Å²) in [5, 5.41) is 0. The van der Waals surface area contributed by atoms with E-state index in [9.17, 15) is 0 Å². The number of rotatable bonds is 0. The fourth-order valence-electron chi connectivity index (χ4n) is 0. The van der Waals surface area contributed by atoms with E-state index < -0.39 is 18.2 Å². The standard InChI is InChI=1S/Al.Fe.H3O4P.H2O4S/c;;2*1-5(2,3)4/h;;(H3,1,2,3,4);(H2,1,2,3,4)/q;+2;;/p-5. The Hall–Kier alpha value is 1.03. The minimum absolute atomic E-state index is 0. The predicted molar refractivity (Wildman–Crippen MR) is 23.8 cm³/mol. The van der Waals surface area contributed by atoms with Gasteiger partial charge >= 0.3 is 17.1 Å². The van der Waals surface area contributed by atoms with Crippen LogP contribution in [0.25, 0.3) is 0 Å². The molecular weight excluding hydrogens is 274 g/mol. The minimum atomic E-state index is -5.39. The fraction of sp³-hybridized carbons (Fsp3) is 0. The van der Waals surface area contributed by atoms with Gasteiger partial charge in [-0.3, -0.25) is 8.42 Å². The second kappa shape index (κ2) is 8.62. The van der Waals surface area contributed by atoms with Crippen LogP contribution in [0.3, 0.4) is 0 Å². The van der Waals surface area contributed by atoms with Crippen molar-refractivity contribution in [3.8, 4) is 0 Å². The first-order valence-electron chi connectivity index (χ1n) is 1.40. The van der Waals surface area contributed by atoms with Gasteiger partial charge in [0.15, 0.2) is 0 Å². The monoisotopic (exact) mass is 274 g/mol. The molecule has 0 fully saturated rings. The van der Waals surface area contributed by atoms with Crippen molar-refractivity contribution in [1.82, 2.24) is 0 Å². The van der Waals surface area contributed by atoms with Crippen LogP contribution in [0.15, 0.2) is 0 Å². The summed E-state index contributed by atoms with van der Waals surface area (Å²) in [7, 11) is -10.6. The second-order valence-corrected chi connectivity index (χ2v) is 2.57. The van der Waals surface area contributed by atoms with Crippen LogP contribution in [-0.2, 0) is 32.0 Å². The van der Waals surface area contributed by atoms with Gasteiger partial charge in [-0.05, 0) is 0 Å². The Labute approximate surface area is 89.4 Å². The van der Waals surface area contributed by atoms with Gasteiger partial charge in [0, 0.05) is 27.8 Å². The van der Waals surface area contributed by atoms with Crippen molar-refractivity contribution in [3.63, 3.8) is 0 Å². The molecule has 0 aromatic heterocycles. The Morgan fingerprint density at radius 3 is 1.00 bits per heavy atom. The molecule has 0 unspecified atom stereocenters. The zero-order chi connectivity index (χ0) is 9.00. The summed E-state index contributed by atoms with van der Waals surface area (Å²) in [5.41, 5.74) is 0. The van der Waals surface area contributed by atoms with Crippen molar-refractivity contribution in [2.24, 2.45) is 0 Å². The number of phosphoric acid groups is 1. The Kier molecular flexibility index (Phi) is 16.6. The van der Waals surface area contributed by atoms with Crippen molar-refractivity contribution < 1.29 is 53.8 Å². The van der Waals surface area contributed by atoms with E-state index in [4.69, 9.17) is 36.8 Å². The molecular formula is AlFeO8PS-3. The van der Waals surface area contributed by atoms with E-state index in [2.05, 4.69) is 0 Å². The topological polar surface area (TPSA) is 167 Å². The molecule has 0 aromatic carbocycles. The van der Waals surface area contributed by atoms with Crippen LogP contribution in [-0.4, -0.2) is 34.9 Å². The molecule has 0 rings (SSSR count). The molecule has 0 amide bonds. The summed E-state index contributed by atoms with van der Waals surface area (Å²) >= 11 is 0. The summed E-state index contributed by atoms with van der Waals surface area (Å²) in [6.45, 7) is 0. The summed E-state index contributed by atoms with van der Waals surface area (Å²) in [6, 6.07) is 0. The average molecular weight is 274 g/mol. The normalized spacial score (nSPS) is 9.75. The minimum Gasteiger partial charge on any atom is -0.822 e. The van der Waals surface area contributed by atoms with Crippen molar-refractivity contribution >= 4 is 35.6 Å². The zero-order valence-corrected chi connectivity index (χ0v) is 9.02. The molecule has 0 atom stereocenters. The molecule has 73 valence electrons. The number of hydrogen-bond donors (Lipinski definition) is 0. The molecule has 8 nitrogen and oxygen atoms in total. The average Bonchev–Trinajstić information content (AvgIpc) is 1.12. The summed E-state index contributed by atoms with van der Waals surface area (Å²) in [4.78, 5) is 25.6. The Morgan fingerprint density at radius 1 is 1.00 bits per heavy atom. The van der Waals surface area contributed by atoms with Gasteiger partial charge in [-0.25, -0.2) is 0 Å². The van der Waals surface area contributed by atoms with Crippen LogP contribution < -0.4 is 14.7 Å². The van der Waals surface area contributed by atoms with Crippen LogP contribution in [0.5, 0.6) is 0 Å². The molecule has 3 radical (unpaired) electrons. The Morgan fingerprint density at radius 2 is 1.00 bits per heavy atom. The molecule has 0 bridgehead atoms. The maximum atomic E-state index is 8.55. The second-order valence-electron chi connectivity index (χ2n) is 0.855. The first-order valence-corrected chi connectivity index (χ1v) is 4.19. The predicted octanol–water partition coefficient (Wildman–Crippen LogP) is -4.55. The largest absolute Gasteiger partial charge is 2.00 e. The van der Waals surface area contributed by atoms with Crippen LogP contribution in [0, 0.1) is 0 Å². The van der Waals surface area contributed by atoms with Gasteiger partial charge in [0.05, 0.1) is 0 Å². The summed E-state index contributed by atoms with van der Waals surface area (Å²) in [5.74, 6) is 0. The van der Waals surface area contributed by atoms with Gasteiger partial charge < -0.3 is 28.4 Å².